The van der Waals surface area contributed by atoms with Crippen molar-refractivity contribution in [2.75, 3.05) is 18.0 Å². The maximum absolute atomic E-state index is 12.6. The van der Waals surface area contributed by atoms with Crippen LogP contribution in [0.2, 0.25) is 0 Å². The normalized spacial score (nSPS) is 26.9. The molecule has 0 N–H and O–H groups in total. The molecule has 1 aromatic carbocycles. The Labute approximate surface area is 120 Å². The molecule has 0 spiro atoms. The summed E-state index contributed by atoms with van der Waals surface area (Å²) in [5.41, 5.74) is 1.61. The highest BCUT2D eigenvalue weighted by atomic mass is 16.5. The van der Waals surface area contributed by atoms with Crippen LogP contribution in [0, 0.1) is 5.92 Å². The molecule has 3 heteroatoms. The van der Waals surface area contributed by atoms with Crippen LogP contribution >= 0.6 is 0 Å². The van der Waals surface area contributed by atoms with Crippen LogP contribution in [0.4, 0.5) is 5.69 Å². The predicted octanol–water partition coefficient (Wildman–Crippen LogP) is 2.82. The van der Waals surface area contributed by atoms with E-state index in [4.69, 9.17) is 4.74 Å². The lowest BCUT2D eigenvalue weighted by atomic mass is 9.85. The molecule has 0 amide bonds. The highest BCUT2D eigenvalue weighted by Gasteiger charge is 2.53. The van der Waals surface area contributed by atoms with Crippen LogP contribution in [0.15, 0.2) is 24.3 Å². The number of ether oxygens (including phenoxy) is 1. The Hall–Kier alpha value is -1.35. The van der Waals surface area contributed by atoms with Crippen LogP contribution < -0.4 is 4.90 Å². The number of anilines is 1. The minimum Gasteiger partial charge on any atom is -0.370 e. The number of carbonyl (C=O) groups excluding carboxylic acids is 1. The molecule has 1 unspecified atom stereocenters. The highest BCUT2D eigenvalue weighted by Crippen LogP contribution is 2.41. The molecule has 0 aliphatic carbocycles. The van der Waals surface area contributed by atoms with Crippen molar-refractivity contribution < 1.29 is 9.53 Å². The Morgan fingerprint density at radius 2 is 1.95 bits per heavy atom. The first-order chi connectivity index (χ1) is 9.31. The third kappa shape index (κ3) is 2.05. The molecule has 2 heterocycles. The first kappa shape index (κ1) is 13.6. The SMILES string of the molecule is CC1(C)OC(C)(C)C(CN2CCc3ccccc32)C1=O. The Morgan fingerprint density at radius 1 is 1.25 bits per heavy atom. The molecule has 1 saturated heterocycles. The Balaban J connectivity index is 1.84. The first-order valence-corrected chi connectivity index (χ1v) is 7.38. The van der Waals surface area contributed by atoms with Crippen LogP contribution in [0.5, 0.6) is 0 Å². The molecule has 3 rings (SSSR count). The van der Waals surface area contributed by atoms with Crippen LogP contribution in [0.25, 0.3) is 0 Å². The molecule has 108 valence electrons. The van der Waals surface area contributed by atoms with Crippen molar-refractivity contribution in [3.8, 4) is 0 Å². The largest absolute Gasteiger partial charge is 0.370 e. The Kier molecular flexibility index (Phi) is 2.94. The lowest BCUT2D eigenvalue weighted by Crippen LogP contribution is -2.40. The topological polar surface area (TPSA) is 29.5 Å². The molecule has 1 atom stereocenters. The number of hydrogen-bond acceptors (Lipinski definition) is 3. The van der Waals surface area contributed by atoms with Crippen LogP contribution in [-0.4, -0.2) is 30.1 Å². The Morgan fingerprint density at radius 3 is 2.60 bits per heavy atom. The van der Waals surface area contributed by atoms with E-state index in [0.717, 1.165) is 19.5 Å². The molecule has 1 fully saturated rings. The summed E-state index contributed by atoms with van der Waals surface area (Å²) in [7, 11) is 0. The molecule has 2 aliphatic rings. The minimum absolute atomic E-state index is 0.0661. The number of nitrogens with zero attached hydrogens (tertiary/aromatic N) is 1. The van der Waals surface area contributed by atoms with Crippen molar-refractivity contribution in [1.29, 1.82) is 0 Å². The van der Waals surface area contributed by atoms with Gasteiger partial charge in [0.25, 0.3) is 0 Å². The van der Waals surface area contributed by atoms with E-state index >= 15 is 0 Å². The molecular weight excluding hydrogens is 250 g/mol. The van der Waals surface area contributed by atoms with E-state index < -0.39 is 11.2 Å². The van der Waals surface area contributed by atoms with Gasteiger partial charge in [0.15, 0.2) is 5.78 Å². The number of fused-ring (bicyclic) bond motifs is 1. The van der Waals surface area contributed by atoms with E-state index in [2.05, 4.69) is 29.2 Å². The monoisotopic (exact) mass is 273 g/mol. The van der Waals surface area contributed by atoms with Gasteiger partial charge in [0.1, 0.15) is 5.60 Å². The second kappa shape index (κ2) is 4.32. The van der Waals surface area contributed by atoms with Crippen molar-refractivity contribution in [1.82, 2.24) is 0 Å². The quantitative estimate of drug-likeness (QED) is 0.830. The second-order valence-corrected chi connectivity index (χ2v) is 6.96. The number of hydrogen-bond donors (Lipinski definition) is 0. The molecule has 2 aliphatic heterocycles. The van der Waals surface area contributed by atoms with Gasteiger partial charge in [-0.3, -0.25) is 4.79 Å². The maximum atomic E-state index is 12.6. The molecule has 0 aromatic heterocycles. The standard InChI is InChI=1S/C17H23NO2/c1-16(2)13(15(19)17(3,4)20-16)11-18-10-9-12-7-5-6-8-14(12)18/h5-8,13H,9-11H2,1-4H3. The number of para-hydroxylation sites is 1. The van der Waals surface area contributed by atoms with Crippen molar-refractivity contribution in [2.24, 2.45) is 5.92 Å². The predicted molar refractivity (Wildman–Crippen MR) is 80.1 cm³/mol. The smallest absolute Gasteiger partial charge is 0.171 e. The van der Waals surface area contributed by atoms with E-state index in [-0.39, 0.29) is 11.7 Å². The Bertz CT molecular complexity index is 548. The van der Waals surface area contributed by atoms with Gasteiger partial charge in [-0.2, -0.15) is 0 Å². The van der Waals surface area contributed by atoms with Crippen LogP contribution in [-0.2, 0) is 16.0 Å². The summed E-state index contributed by atoms with van der Waals surface area (Å²) in [6.45, 7) is 9.59. The lowest BCUT2D eigenvalue weighted by molar-refractivity contribution is -0.132. The van der Waals surface area contributed by atoms with Gasteiger partial charge in [-0.05, 0) is 45.7 Å². The summed E-state index contributed by atoms with van der Waals surface area (Å²) >= 11 is 0. The molecule has 0 saturated carbocycles. The van der Waals surface area contributed by atoms with Gasteiger partial charge in [0, 0.05) is 18.8 Å². The molecule has 0 bridgehead atoms. The van der Waals surface area contributed by atoms with E-state index in [1.807, 2.05) is 27.7 Å². The molecule has 20 heavy (non-hydrogen) atoms. The summed E-state index contributed by atoms with van der Waals surface area (Å²) in [5, 5.41) is 0. The van der Waals surface area contributed by atoms with E-state index in [1.165, 1.54) is 11.3 Å². The van der Waals surface area contributed by atoms with Gasteiger partial charge in [-0.25, -0.2) is 0 Å². The first-order valence-electron chi connectivity index (χ1n) is 7.38. The van der Waals surface area contributed by atoms with Gasteiger partial charge in [0.2, 0.25) is 0 Å². The number of ketones is 1. The summed E-state index contributed by atoms with van der Waals surface area (Å²) in [6, 6.07) is 8.48. The van der Waals surface area contributed by atoms with Crippen LogP contribution in [0.1, 0.15) is 33.3 Å². The number of Topliss-reactive ketones (excluding diaryl/α,β-unsaturated/α-hetero) is 1. The van der Waals surface area contributed by atoms with Gasteiger partial charge in [-0.15, -0.1) is 0 Å². The third-order valence-corrected chi connectivity index (χ3v) is 4.65. The fourth-order valence-electron chi connectivity index (χ4n) is 3.63. The summed E-state index contributed by atoms with van der Waals surface area (Å²) in [6.07, 6.45) is 1.07. The number of carbonyl (C=O) groups is 1. The number of rotatable bonds is 2. The zero-order valence-electron chi connectivity index (χ0n) is 12.8. The second-order valence-electron chi connectivity index (χ2n) is 6.96. The van der Waals surface area contributed by atoms with Gasteiger partial charge in [-0.1, -0.05) is 18.2 Å². The maximum Gasteiger partial charge on any atom is 0.171 e. The van der Waals surface area contributed by atoms with E-state index in [1.54, 1.807) is 0 Å². The fourth-order valence-corrected chi connectivity index (χ4v) is 3.63. The fraction of sp³-hybridized carbons (Fsp3) is 0.588. The molecule has 3 nitrogen and oxygen atoms in total. The van der Waals surface area contributed by atoms with Crippen molar-refractivity contribution in [3.05, 3.63) is 29.8 Å². The van der Waals surface area contributed by atoms with E-state index in [0.29, 0.717) is 0 Å². The van der Waals surface area contributed by atoms with Gasteiger partial charge >= 0.3 is 0 Å². The highest BCUT2D eigenvalue weighted by molar-refractivity contribution is 5.92. The van der Waals surface area contributed by atoms with Crippen molar-refractivity contribution in [3.63, 3.8) is 0 Å². The van der Waals surface area contributed by atoms with E-state index in [9.17, 15) is 4.79 Å². The van der Waals surface area contributed by atoms with Gasteiger partial charge in [0.05, 0.1) is 11.5 Å². The summed E-state index contributed by atoms with van der Waals surface area (Å²) in [5.74, 6) is 0.163. The van der Waals surface area contributed by atoms with Crippen molar-refractivity contribution in [2.45, 2.75) is 45.3 Å². The summed E-state index contributed by atoms with van der Waals surface area (Å²) in [4.78, 5) is 14.9. The average molecular weight is 273 g/mol. The minimum atomic E-state index is -0.659. The number of benzene rings is 1. The zero-order valence-corrected chi connectivity index (χ0v) is 12.8. The van der Waals surface area contributed by atoms with Gasteiger partial charge < -0.3 is 9.64 Å². The molecule has 0 radical (unpaired) electrons. The zero-order chi connectivity index (χ0) is 14.5. The lowest BCUT2D eigenvalue weighted by Gasteiger charge is -2.30. The molecular formula is C17H23NO2. The van der Waals surface area contributed by atoms with Crippen molar-refractivity contribution >= 4 is 11.5 Å². The van der Waals surface area contributed by atoms with Crippen LogP contribution in [0.3, 0.4) is 0 Å². The average Bonchev–Trinajstić information content (AvgIpc) is 2.82. The summed E-state index contributed by atoms with van der Waals surface area (Å²) < 4.78 is 5.98. The third-order valence-electron chi connectivity index (χ3n) is 4.65. The molecule has 1 aromatic rings.